The summed E-state index contributed by atoms with van der Waals surface area (Å²) in [6.07, 6.45) is 0. The Morgan fingerprint density at radius 2 is 1.87 bits per heavy atom. The van der Waals surface area contributed by atoms with Crippen LogP contribution >= 0.6 is 0 Å². The number of aromatic nitrogens is 1. The van der Waals surface area contributed by atoms with Gasteiger partial charge in [-0.2, -0.15) is 0 Å². The van der Waals surface area contributed by atoms with Crippen LogP contribution in [0.1, 0.15) is 22.5 Å². The van der Waals surface area contributed by atoms with Crippen LogP contribution in [0.15, 0.2) is 6.07 Å². The van der Waals surface area contributed by atoms with Gasteiger partial charge >= 0.3 is 0 Å². The molecule has 0 radical (unpaired) electrons. The lowest BCUT2D eigenvalue weighted by atomic mass is 10.1. The van der Waals surface area contributed by atoms with Gasteiger partial charge in [0.25, 0.3) is 0 Å². The van der Waals surface area contributed by atoms with Crippen molar-refractivity contribution in [1.29, 1.82) is 0 Å². The fraction of sp³-hybridized carbons (Fsp3) is 0.462. The zero-order valence-corrected chi connectivity index (χ0v) is 10.2. The van der Waals surface area contributed by atoms with Crippen LogP contribution in [-0.4, -0.2) is 30.5 Å². The monoisotopic (exact) mass is 202 g/mol. The third-order valence-electron chi connectivity index (χ3n) is 2.28. The summed E-state index contributed by atoms with van der Waals surface area (Å²) in [7, 11) is 4.03. The number of pyridine rings is 1. The molecule has 0 atom stereocenters. The molecule has 0 unspecified atom stereocenters. The predicted molar refractivity (Wildman–Crippen MR) is 63.9 cm³/mol. The van der Waals surface area contributed by atoms with E-state index in [4.69, 9.17) is 0 Å². The van der Waals surface area contributed by atoms with Crippen molar-refractivity contribution in [3.05, 3.63) is 28.6 Å². The van der Waals surface area contributed by atoms with Gasteiger partial charge in [0.05, 0.1) is 12.2 Å². The maximum Gasteiger partial charge on any atom is 0.0600 e. The van der Waals surface area contributed by atoms with E-state index in [1.807, 2.05) is 27.9 Å². The molecule has 0 aliphatic heterocycles. The maximum atomic E-state index is 4.45. The fourth-order valence-electron chi connectivity index (χ4n) is 1.24. The van der Waals surface area contributed by atoms with E-state index < -0.39 is 0 Å². The molecule has 0 aliphatic rings. The standard InChI is InChI=1S/C13H18N2/c1-10-9-13(7-6-8-15(4)5)12(3)14-11(10)2/h9H,8H2,1-5H3. The van der Waals surface area contributed by atoms with Crippen molar-refractivity contribution < 1.29 is 0 Å². The Morgan fingerprint density at radius 1 is 1.20 bits per heavy atom. The van der Waals surface area contributed by atoms with Gasteiger partial charge in [-0.05, 0) is 46.5 Å². The molecule has 0 amide bonds. The first-order valence-electron chi connectivity index (χ1n) is 5.09. The molecule has 2 heteroatoms. The lowest BCUT2D eigenvalue weighted by Crippen LogP contribution is -2.10. The molecule has 1 aromatic rings. The minimum absolute atomic E-state index is 0.784. The number of hydrogen-bond donors (Lipinski definition) is 0. The second-order valence-corrected chi connectivity index (χ2v) is 4.06. The molecule has 1 rings (SSSR count). The summed E-state index contributed by atoms with van der Waals surface area (Å²) in [5.41, 5.74) is 4.35. The highest BCUT2D eigenvalue weighted by atomic mass is 15.0. The van der Waals surface area contributed by atoms with Gasteiger partial charge in [-0.3, -0.25) is 9.88 Å². The van der Waals surface area contributed by atoms with Gasteiger partial charge < -0.3 is 0 Å². The number of rotatable bonds is 1. The summed E-state index contributed by atoms with van der Waals surface area (Å²) in [5, 5.41) is 0. The van der Waals surface area contributed by atoms with Crippen molar-refractivity contribution in [3.8, 4) is 11.8 Å². The Balaban J connectivity index is 2.94. The van der Waals surface area contributed by atoms with Crippen LogP contribution in [0.3, 0.4) is 0 Å². The quantitative estimate of drug-likeness (QED) is 0.647. The first-order chi connectivity index (χ1) is 7.00. The Bertz CT molecular complexity index is 409. The van der Waals surface area contributed by atoms with Crippen molar-refractivity contribution in [2.75, 3.05) is 20.6 Å². The normalized spacial score (nSPS) is 10.0. The molecule has 0 saturated carbocycles. The lowest BCUT2D eigenvalue weighted by Gasteiger charge is -2.04. The molecule has 0 fully saturated rings. The molecule has 0 aliphatic carbocycles. The highest BCUT2D eigenvalue weighted by molar-refractivity contribution is 5.41. The van der Waals surface area contributed by atoms with Crippen LogP contribution in [0.4, 0.5) is 0 Å². The zero-order valence-electron chi connectivity index (χ0n) is 10.2. The molecule has 1 aromatic heterocycles. The molecular formula is C13H18N2. The second kappa shape index (κ2) is 4.95. The Hall–Kier alpha value is -1.33. The third kappa shape index (κ3) is 3.38. The minimum atomic E-state index is 0.784. The van der Waals surface area contributed by atoms with E-state index in [0.29, 0.717) is 0 Å². The molecule has 2 nitrogen and oxygen atoms in total. The van der Waals surface area contributed by atoms with E-state index in [0.717, 1.165) is 23.5 Å². The van der Waals surface area contributed by atoms with Crippen LogP contribution in [0.25, 0.3) is 0 Å². The minimum Gasteiger partial charge on any atom is -0.299 e. The van der Waals surface area contributed by atoms with E-state index in [-0.39, 0.29) is 0 Å². The van der Waals surface area contributed by atoms with Gasteiger partial charge in [0.15, 0.2) is 0 Å². The van der Waals surface area contributed by atoms with E-state index in [1.54, 1.807) is 0 Å². The van der Waals surface area contributed by atoms with Gasteiger partial charge in [0.1, 0.15) is 0 Å². The van der Waals surface area contributed by atoms with E-state index in [9.17, 15) is 0 Å². The van der Waals surface area contributed by atoms with Crippen molar-refractivity contribution in [3.63, 3.8) is 0 Å². The fourth-order valence-corrected chi connectivity index (χ4v) is 1.24. The Kier molecular flexibility index (Phi) is 3.88. The number of nitrogens with zero attached hydrogens (tertiary/aromatic N) is 2. The predicted octanol–water partition coefficient (Wildman–Crippen LogP) is 1.92. The summed E-state index contributed by atoms with van der Waals surface area (Å²) >= 11 is 0. The summed E-state index contributed by atoms with van der Waals surface area (Å²) in [6, 6.07) is 2.11. The van der Waals surface area contributed by atoms with Crippen LogP contribution < -0.4 is 0 Å². The Morgan fingerprint density at radius 3 is 2.47 bits per heavy atom. The summed E-state index contributed by atoms with van der Waals surface area (Å²) in [6.45, 7) is 6.89. The molecule has 0 aromatic carbocycles. The van der Waals surface area contributed by atoms with Crippen molar-refractivity contribution in [2.45, 2.75) is 20.8 Å². The van der Waals surface area contributed by atoms with Gasteiger partial charge in [-0.1, -0.05) is 11.8 Å². The van der Waals surface area contributed by atoms with Crippen LogP contribution in [0, 0.1) is 32.6 Å². The largest absolute Gasteiger partial charge is 0.299 e. The van der Waals surface area contributed by atoms with Gasteiger partial charge in [0.2, 0.25) is 0 Å². The molecule has 0 spiro atoms. The van der Waals surface area contributed by atoms with Crippen molar-refractivity contribution in [2.24, 2.45) is 0 Å². The molecule has 80 valence electrons. The average molecular weight is 202 g/mol. The lowest BCUT2D eigenvalue weighted by molar-refractivity contribution is 0.464. The number of hydrogen-bond acceptors (Lipinski definition) is 2. The third-order valence-corrected chi connectivity index (χ3v) is 2.28. The van der Waals surface area contributed by atoms with Crippen LogP contribution in [-0.2, 0) is 0 Å². The Labute approximate surface area is 92.3 Å². The average Bonchev–Trinajstić information content (AvgIpc) is 2.13. The van der Waals surface area contributed by atoms with Gasteiger partial charge in [0, 0.05) is 11.3 Å². The van der Waals surface area contributed by atoms with Crippen LogP contribution in [0.2, 0.25) is 0 Å². The first kappa shape index (κ1) is 11.7. The maximum absolute atomic E-state index is 4.45. The van der Waals surface area contributed by atoms with E-state index in [2.05, 4.69) is 34.7 Å². The van der Waals surface area contributed by atoms with Gasteiger partial charge in [-0.15, -0.1) is 0 Å². The zero-order chi connectivity index (χ0) is 11.4. The molecule has 0 N–H and O–H groups in total. The summed E-state index contributed by atoms with van der Waals surface area (Å²) in [5.74, 6) is 6.28. The second-order valence-electron chi connectivity index (χ2n) is 4.06. The topological polar surface area (TPSA) is 16.1 Å². The SMILES string of the molecule is Cc1cc(C#CCN(C)C)c(C)nc1C. The summed E-state index contributed by atoms with van der Waals surface area (Å²) < 4.78 is 0. The highest BCUT2D eigenvalue weighted by Crippen LogP contribution is 2.09. The van der Waals surface area contributed by atoms with E-state index >= 15 is 0 Å². The first-order valence-corrected chi connectivity index (χ1v) is 5.09. The van der Waals surface area contributed by atoms with Crippen molar-refractivity contribution >= 4 is 0 Å². The molecule has 0 bridgehead atoms. The van der Waals surface area contributed by atoms with E-state index in [1.165, 1.54) is 5.56 Å². The number of aryl methyl sites for hydroxylation is 3. The highest BCUT2D eigenvalue weighted by Gasteiger charge is 2.00. The van der Waals surface area contributed by atoms with Gasteiger partial charge in [-0.25, -0.2) is 0 Å². The van der Waals surface area contributed by atoms with Crippen molar-refractivity contribution in [1.82, 2.24) is 9.88 Å². The molecule has 15 heavy (non-hydrogen) atoms. The summed E-state index contributed by atoms with van der Waals surface area (Å²) in [4.78, 5) is 6.51. The molecule has 1 heterocycles. The van der Waals surface area contributed by atoms with Crippen LogP contribution in [0.5, 0.6) is 0 Å². The molecular weight excluding hydrogens is 184 g/mol. The smallest absolute Gasteiger partial charge is 0.0600 e. The molecule has 0 saturated heterocycles.